The molecule has 1 aliphatic rings. The van der Waals surface area contributed by atoms with E-state index in [1.54, 1.807) is 14.0 Å². The largest absolute Gasteiger partial charge is 0.319 e. The van der Waals surface area contributed by atoms with Crippen LogP contribution in [-0.2, 0) is 18.9 Å². The highest BCUT2D eigenvalue weighted by Gasteiger charge is 2.33. The summed E-state index contributed by atoms with van der Waals surface area (Å²) < 4.78 is 15.7. The number of rotatable bonds is 2. The standard InChI is InChI=1S/C17H19ClFN3O/c1-9-13(15(18)22(4)21-9)16(23)20-14-10-7-8-17(2,3)11(10)5-6-12(14)19/h5-6H,7-8H2,1-4H3,(H,20,23). The molecule has 0 fully saturated rings. The van der Waals surface area contributed by atoms with Gasteiger partial charge in [0.2, 0.25) is 0 Å². The van der Waals surface area contributed by atoms with Crippen molar-refractivity contribution in [1.29, 1.82) is 0 Å². The predicted molar refractivity (Wildman–Crippen MR) is 88.7 cm³/mol. The number of benzene rings is 1. The normalized spacial score (nSPS) is 15.6. The average Bonchev–Trinajstić information content (AvgIpc) is 2.90. The molecular formula is C17H19ClFN3O. The quantitative estimate of drug-likeness (QED) is 0.901. The van der Waals surface area contributed by atoms with E-state index in [0.717, 1.165) is 24.0 Å². The van der Waals surface area contributed by atoms with E-state index in [9.17, 15) is 9.18 Å². The Bertz CT molecular complexity index is 811. The van der Waals surface area contributed by atoms with Gasteiger partial charge in [-0.3, -0.25) is 9.48 Å². The summed E-state index contributed by atoms with van der Waals surface area (Å²) in [5.74, 6) is -0.856. The van der Waals surface area contributed by atoms with Crippen molar-refractivity contribution in [3.05, 3.63) is 45.5 Å². The summed E-state index contributed by atoms with van der Waals surface area (Å²) in [6.07, 6.45) is 1.68. The number of nitrogens with one attached hydrogen (secondary N) is 1. The fourth-order valence-electron chi connectivity index (χ4n) is 3.28. The van der Waals surface area contributed by atoms with Gasteiger partial charge in [-0.25, -0.2) is 4.39 Å². The molecule has 0 atom stereocenters. The van der Waals surface area contributed by atoms with Gasteiger partial charge < -0.3 is 5.32 Å². The van der Waals surface area contributed by atoms with E-state index >= 15 is 0 Å². The summed E-state index contributed by atoms with van der Waals surface area (Å²) in [6.45, 7) is 5.96. The Morgan fingerprint density at radius 1 is 1.43 bits per heavy atom. The number of aromatic nitrogens is 2. The molecule has 1 aromatic carbocycles. The van der Waals surface area contributed by atoms with Crippen LogP contribution in [0.25, 0.3) is 0 Å². The zero-order valence-corrected chi connectivity index (χ0v) is 14.4. The third-order valence-corrected chi connectivity index (χ3v) is 5.04. The molecule has 1 amide bonds. The molecule has 1 heterocycles. The molecule has 0 bridgehead atoms. The second kappa shape index (κ2) is 5.34. The van der Waals surface area contributed by atoms with Gasteiger partial charge in [0.1, 0.15) is 11.0 Å². The van der Waals surface area contributed by atoms with Gasteiger partial charge in [0.15, 0.2) is 0 Å². The molecule has 0 spiro atoms. The molecular weight excluding hydrogens is 317 g/mol. The molecule has 0 aliphatic heterocycles. The highest BCUT2D eigenvalue weighted by atomic mass is 35.5. The van der Waals surface area contributed by atoms with Gasteiger partial charge in [-0.2, -0.15) is 5.10 Å². The van der Waals surface area contributed by atoms with Crippen molar-refractivity contribution in [3.63, 3.8) is 0 Å². The van der Waals surface area contributed by atoms with Crippen LogP contribution >= 0.6 is 11.6 Å². The van der Waals surface area contributed by atoms with Gasteiger partial charge in [0.25, 0.3) is 5.91 Å². The lowest BCUT2D eigenvalue weighted by Crippen LogP contribution is -2.17. The van der Waals surface area contributed by atoms with E-state index in [-0.39, 0.29) is 21.8 Å². The molecule has 2 aromatic rings. The molecule has 1 aromatic heterocycles. The van der Waals surface area contributed by atoms with Gasteiger partial charge in [-0.05, 0) is 42.4 Å². The van der Waals surface area contributed by atoms with E-state index in [4.69, 9.17) is 11.6 Å². The van der Waals surface area contributed by atoms with Crippen LogP contribution in [-0.4, -0.2) is 15.7 Å². The Morgan fingerprint density at radius 2 is 2.13 bits per heavy atom. The molecule has 0 unspecified atom stereocenters. The Kier molecular flexibility index (Phi) is 3.71. The summed E-state index contributed by atoms with van der Waals surface area (Å²) in [5, 5.41) is 7.07. The molecule has 0 saturated carbocycles. The van der Waals surface area contributed by atoms with Gasteiger partial charge in [-0.15, -0.1) is 0 Å². The molecule has 23 heavy (non-hydrogen) atoms. The molecule has 3 rings (SSSR count). The highest BCUT2D eigenvalue weighted by molar-refractivity contribution is 6.33. The van der Waals surface area contributed by atoms with Crippen LogP contribution in [0.2, 0.25) is 5.15 Å². The van der Waals surface area contributed by atoms with Gasteiger partial charge >= 0.3 is 0 Å². The van der Waals surface area contributed by atoms with Crippen LogP contribution in [0.1, 0.15) is 47.4 Å². The van der Waals surface area contributed by atoms with E-state index in [1.165, 1.54) is 10.7 Å². The summed E-state index contributed by atoms with van der Waals surface area (Å²) in [7, 11) is 1.66. The number of anilines is 1. The lowest BCUT2D eigenvalue weighted by molar-refractivity contribution is 0.102. The number of halogens is 2. The number of hydrogen-bond acceptors (Lipinski definition) is 2. The smallest absolute Gasteiger partial charge is 0.260 e. The molecule has 122 valence electrons. The maximum atomic E-state index is 14.3. The first kappa shape index (κ1) is 16.0. The SMILES string of the molecule is Cc1nn(C)c(Cl)c1C(=O)Nc1c(F)ccc2c1CCC2(C)C. The number of aryl methyl sites for hydroxylation is 2. The monoisotopic (exact) mass is 335 g/mol. The van der Waals surface area contributed by atoms with Crippen molar-refractivity contribution in [1.82, 2.24) is 9.78 Å². The Hall–Kier alpha value is -1.88. The van der Waals surface area contributed by atoms with Crippen molar-refractivity contribution in [2.24, 2.45) is 7.05 Å². The van der Waals surface area contributed by atoms with Crippen molar-refractivity contribution >= 4 is 23.2 Å². The topological polar surface area (TPSA) is 46.9 Å². The third kappa shape index (κ3) is 2.53. The third-order valence-electron chi connectivity index (χ3n) is 4.61. The molecule has 0 saturated heterocycles. The van der Waals surface area contributed by atoms with Crippen LogP contribution in [0.5, 0.6) is 0 Å². The van der Waals surface area contributed by atoms with E-state index in [1.807, 2.05) is 6.07 Å². The number of fused-ring (bicyclic) bond motifs is 1. The summed E-state index contributed by atoms with van der Waals surface area (Å²) >= 11 is 6.12. The fraction of sp³-hybridized carbons (Fsp3) is 0.412. The number of carbonyl (C=O) groups is 1. The van der Waals surface area contributed by atoms with Crippen LogP contribution < -0.4 is 5.32 Å². The first-order valence-electron chi connectivity index (χ1n) is 7.54. The molecule has 6 heteroatoms. The minimum absolute atomic E-state index is 0.00955. The van der Waals surface area contributed by atoms with E-state index < -0.39 is 11.7 Å². The second-order valence-corrected chi connectivity index (χ2v) is 7.02. The first-order valence-corrected chi connectivity index (χ1v) is 7.92. The number of carbonyl (C=O) groups excluding carboxylic acids is 1. The van der Waals surface area contributed by atoms with E-state index in [2.05, 4.69) is 24.3 Å². The summed E-state index contributed by atoms with van der Waals surface area (Å²) in [5.41, 5.74) is 3.01. The van der Waals surface area contributed by atoms with Gasteiger partial charge in [-0.1, -0.05) is 31.5 Å². The van der Waals surface area contributed by atoms with Gasteiger partial charge in [0.05, 0.1) is 16.9 Å². The van der Waals surface area contributed by atoms with Crippen LogP contribution in [0.3, 0.4) is 0 Å². The molecule has 0 radical (unpaired) electrons. The summed E-state index contributed by atoms with van der Waals surface area (Å²) in [6, 6.07) is 3.23. The minimum atomic E-state index is -0.433. The van der Waals surface area contributed by atoms with Crippen molar-refractivity contribution in [2.75, 3.05) is 5.32 Å². The number of hydrogen-bond donors (Lipinski definition) is 1. The van der Waals surface area contributed by atoms with Crippen LogP contribution in [0.15, 0.2) is 12.1 Å². The van der Waals surface area contributed by atoms with Crippen molar-refractivity contribution in [2.45, 2.75) is 39.0 Å². The van der Waals surface area contributed by atoms with Crippen molar-refractivity contribution < 1.29 is 9.18 Å². The lowest BCUT2D eigenvalue weighted by atomic mass is 9.86. The fourth-order valence-corrected chi connectivity index (χ4v) is 3.54. The average molecular weight is 336 g/mol. The molecule has 4 nitrogen and oxygen atoms in total. The zero-order chi connectivity index (χ0) is 16.9. The molecule has 1 aliphatic carbocycles. The number of nitrogens with zero attached hydrogens (tertiary/aromatic N) is 2. The van der Waals surface area contributed by atoms with Crippen LogP contribution in [0, 0.1) is 12.7 Å². The molecule has 1 N–H and O–H groups in total. The Labute approximate surface area is 139 Å². The van der Waals surface area contributed by atoms with Crippen molar-refractivity contribution in [3.8, 4) is 0 Å². The lowest BCUT2D eigenvalue weighted by Gasteiger charge is -2.19. The Balaban J connectivity index is 2.01. The maximum Gasteiger partial charge on any atom is 0.260 e. The highest BCUT2D eigenvalue weighted by Crippen LogP contribution is 2.42. The maximum absolute atomic E-state index is 14.3. The summed E-state index contributed by atoms with van der Waals surface area (Å²) in [4.78, 5) is 12.6. The minimum Gasteiger partial charge on any atom is -0.319 e. The van der Waals surface area contributed by atoms with Gasteiger partial charge in [0, 0.05) is 7.05 Å². The first-order chi connectivity index (χ1) is 10.7. The zero-order valence-electron chi connectivity index (χ0n) is 13.6. The number of amides is 1. The van der Waals surface area contributed by atoms with Crippen LogP contribution in [0.4, 0.5) is 10.1 Å². The van der Waals surface area contributed by atoms with E-state index in [0.29, 0.717) is 5.69 Å². The Morgan fingerprint density at radius 3 is 2.74 bits per heavy atom. The second-order valence-electron chi connectivity index (χ2n) is 6.66. The predicted octanol–water partition coefficient (Wildman–Crippen LogP) is 4.00.